The summed E-state index contributed by atoms with van der Waals surface area (Å²) in [6.45, 7) is 0.0311. The van der Waals surface area contributed by atoms with Crippen LogP contribution in [-0.2, 0) is 11.3 Å². The number of aliphatic hydroxyl groups is 1. The van der Waals surface area contributed by atoms with Crippen molar-refractivity contribution in [1.29, 1.82) is 0 Å². The molecular formula is C9H12N4O5. The first-order chi connectivity index (χ1) is 8.58. The van der Waals surface area contributed by atoms with Crippen LogP contribution in [0.3, 0.4) is 0 Å². The van der Waals surface area contributed by atoms with Crippen LogP contribution in [0.15, 0.2) is 10.9 Å². The van der Waals surface area contributed by atoms with Gasteiger partial charge < -0.3 is 25.0 Å². The first-order valence-corrected chi connectivity index (χ1v) is 5.28. The molecule has 2 atom stereocenters. The minimum absolute atomic E-state index is 0.00492. The molecule has 1 fully saturated rings. The molecule has 0 radical (unpaired) electrons. The van der Waals surface area contributed by atoms with Crippen LogP contribution in [0.4, 0.5) is 4.79 Å². The predicted molar refractivity (Wildman–Crippen MR) is 55.3 cm³/mol. The summed E-state index contributed by atoms with van der Waals surface area (Å²) in [6, 6.07) is -1.59. The van der Waals surface area contributed by atoms with Gasteiger partial charge in [0.25, 0.3) is 0 Å². The van der Waals surface area contributed by atoms with Crippen molar-refractivity contribution >= 4 is 12.0 Å². The van der Waals surface area contributed by atoms with Gasteiger partial charge in [-0.25, -0.2) is 9.59 Å². The van der Waals surface area contributed by atoms with Crippen molar-refractivity contribution in [2.24, 2.45) is 0 Å². The largest absolute Gasteiger partial charge is 0.480 e. The van der Waals surface area contributed by atoms with Crippen molar-refractivity contribution in [3.63, 3.8) is 0 Å². The van der Waals surface area contributed by atoms with Crippen LogP contribution in [0, 0.1) is 0 Å². The molecule has 1 saturated heterocycles. The van der Waals surface area contributed by atoms with E-state index < -0.39 is 24.1 Å². The van der Waals surface area contributed by atoms with E-state index in [-0.39, 0.29) is 25.3 Å². The molecule has 0 spiro atoms. The van der Waals surface area contributed by atoms with Crippen LogP contribution in [0.5, 0.6) is 0 Å². The number of nitrogens with one attached hydrogen (secondary N) is 1. The lowest BCUT2D eigenvalue weighted by Gasteiger charge is -2.20. The normalized spacial score (nSPS) is 23.1. The van der Waals surface area contributed by atoms with E-state index in [1.807, 2.05) is 0 Å². The third kappa shape index (κ3) is 2.56. The minimum Gasteiger partial charge on any atom is -0.480 e. The number of hydrogen-bond donors (Lipinski definition) is 3. The van der Waals surface area contributed by atoms with Gasteiger partial charge in [0.05, 0.1) is 12.6 Å². The fraction of sp³-hybridized carbons (Fsp3) is 0.556. The van der Waals surface area contributed by atoms with E-state index in [4.69, 9.17) is 5.11 Å². The maximum absolute atomic E-state index is 11.8. The molecule has 98 valence electrons. The van der Waals surface area contributed by atoms with Gasteiger partial charge in [0.1, 0.15) is 6.04 Å². The zero-order valence-corrected chi connectivity index (χ0v) is 9.31. The third-order valence-electron chi connectivity index (χ3n) is 2.63. The lowest BCUT2D eigenvalue weighted by molar-refractivity contribution is -0.141. The molecule has 0 aromatic carbocycles. The maximum Gasteiger partial charge on any atom is 0.326 e. The van der Waals surface area contributed by atoms with Crippen LogP contribution >= 0.6 is 0 Å². The number of carbonyl (C=O) groups is 2. The van der Waals surface area contributed by atoms with Crippen molar-refractivity contribution in [3.8, 4) is 0 Å². The van der Waals surface area contributed by atoms with Gasteiger partial charge in [-0.2, -0.15) is 4.98 Å². The highest BCUT2D eigenvalue weighted by molar-refractivity contribution is 5.83. The number of rotatable bonds is 3. The first-order valence-electron chi connectivity index (χ1n) is 5.28. The van der Waals surface area contributed by atoms with Gasteiger partial charge in [-0.3, -0.25) is 0 Å². The monoisotopic (exact) mass is 256 g/mol. The Balaban J connectivity index is 1.93. The van der Waals surface area contributed by atoms with Gasteiger partial charge in [0.15, 0.2) is 5.82 Å². The zero-order chi connectivity index (χ0) is 13.1. The van der Waals surface area contributed by atoms with Gasteiger partial charge in [0, 0.05) is 13.0 Å². The van der Waals surface area contributed by atoms with Crippen LogP contribution in [0.1, 0.15) is 12.2 Å². The molecule has 3 N–H and O–H groups in total. The number of amides is 2. The second kappa shape index (κ2) is 5.00. The fourth-order valence-electron chi connectivity index (χ4n) is 1.80. The number of aliphatic hydroxyl groups excluding tert-OH is 1. The predicted octanol–water partition coefficient (Wildman–Crippen LogP) is -1.20. The molecule has 0 saturated carbocycles. The number of hydrogen-bond acceptors (Lipinski definition) is 6. The summed E-state index contributed by atoms with van der Waals surface area (Å²) in [5.41, 5.74) is 0. The number of carboxylic acid groups (broad SMARTS) is 1. The Labute approximate surface area is 101 Å². The van der Waals surface area contributed by atoms with E-state index in [1.54, 1.807) is 0 Å². The number of aromatic nitrogens is 2. The van der Waals surface area contributed by atoms with Crippen molar-refractivity contribution in [3.05, 3.63) is 12.2 Å². The molecular weight excluding hydrogens is 244 g/mol. The topological polar surface area (TPSA) is 129 Å². The van der Waals surface area contributed by atoms with Crippen LogP contribution < -0.4 is 5.32 Å². The van der Waals surface area contributed by atoms with Crippen molar-refractivity contribution in [2.45, 2.75) is 25.1 Å². The maximum atomic E-state index is 11.8. The lowest BCUT2D eigenvalue weighted by Crippen LogP contribution is -2.46. The third-order valence-corrected chi connectivity index (χ3v) is 2.63. The number of carbonyl (C=O) groups excluding carboxylic acids is 1. The lowest BCUT2D eigenvalue weighted by atomic mass is 10.2. The molecule has 2 amide bonds. The molecule has 18 heavy (non-hydrogen) atoms. The zero-order valence-electron chi connectivity index (χ0n) is 9.31. The summed E-state index contributed by atoms with van der Waals surface area (Å²) >= 11 is 0. The van der Waals surface area contributed by atoms with E-state index in [0.29, 0.717) is 0 Å². The van der Waals surface area contributed by atoms with Crippen LogP contribution in [0.2, 0.25) is 0 Å². The summed E-state index contributed by atoms with van der Waals surface area (Å²) < 4.78 is 4.49. The van der Waals surface area contributed by atoms with E-state index in [9.17, 15) is 14.7 Å². The summed E-state index contributed by atoms with van der Waals surface area (Å²) in [7, 11) is 0. The Morgan fingerprint density at radius 1 is 1.61 bits per heavy atom. The molecule has 9 nitrogen and oxygen atoms in total. The summed E-state index contributed by atoms with van der Waals surface area (Å²) in [5, 5.41) is 24.3. The molecule has 9 heteroatoms. The van der Waals surface area contributed by atoms with Gasteiger partial charge in [-0.1, -0.05) is 5.16 Å². The molecule has 0 unspecified atom stereocenters. The molecule has 2 heterocycles. The molecule has 0 bridgehead atoms. The van der Waals surface area contributed by atoms with Gasteiger partial charge in [0.2, 0.25) is 6.39 Å². The SMILES string of the molecule is O=C(O)[C@@H]1C[C@H](O)CN1C(=O)NCc1ncon1. The highest BCUT2D eigenvalue weighted by atomic mass is 16.5. The van der Waals surface area contributed by atoms with Gasteiger partial charge in [-0.15, -0.1) is 0 Å². The highest BCUT2D eigenvalue weighted by Gasteiger charge is 2.38. The second-order valence-corrected chi connectivity index (χ2v) is 3.90. The van der Waals surface area contributed by atoms with Crippen molar-refractivity contribution in [2.75, 3.05) is 6.54 Å². The number of aliphatic carboxylic acids is 1. The van der Waals surface area contributed by atoms with Crippen LogP contribution in [0.25, 0.3) is 0 Å². The van der Waals surface area contributed by atoms with Gasteiger partial charge in [-0.05, 0) is 0 Å². The fourth-order valence-corrected chi connectivity index (χ4v) is 1.80. The molecule has 1 aromatic heterocycles. The summed E-state index contributed by atoms with van der Waals surface area (Å²) in [6.07, 6.45) is 0.341. The quantitative estimate of drug-likeness (QED) is 0.619. The average molecular weight is 256 g/mol. The molecule has 1 aliphatic rings. The standard InChI is InChI=1S/C9H12N4O5/c14-5-1-6(8(15)16)13(3-5)9(17)10-2-7-11-4-18-12-7/h4-6,14H,1-3H2,(H,10,17)(H,15,16)/t5-,6-/m0/s1. The highest BCUT2D eigenvalue weighted by Crippen LogP contribution is 2.18. The Hall–Kier alpha value is -2.16. The van der Waals surface area contributed by atoms with Gasteiger partial charge >= 0.3 is 12.0 Å². The first kappa shape index (κ1) is 12.3. The van der Waals surface area contributed by atoms with Crippen molar-refractivity contribution in [1.82, 2.24) is 20.4 Å². The summed E-state index contributed by atoms with van der Waals surface area (Å²) in [5.74, 6) is -0.851. The number of carboxylic acids is 1. The second-order valence-electron chi connectivity index (χ2n) is 3.90. The van der Waals surface area contributed by atoms with E-state index >= 15 is 0 Å². The van der Waals surface area contributed by atoms with E-state index in [2.05, 4.69) is 20.0 Å². The minimum atomic E-state index is -1.14. The van der Waals surface area contributed by atoms with E-state index in [1.165, 1.54) is 0 Å². The van der Waals surface area contributed by atoms with Crippen LogP contribution in [-0.4, -0.2) is 55.9 Å². The van der Waals surface area contributed by atoms with Crippen molar-refractivity contribution < 1.29 is 24.3 Å². The summed E-state index contributed by atoms with van der Waals surface area (Å²) in [4.78, 5) is 27.5. The smallest absolute Gasteiger partial charge is 0.326 e. The Morgan fingerprint density at radius 3 is 3.00 bits per heavy atom. The Morgan fingerprint density at radius 2 is 2.39 bits per heavy atom. The Kier molecular flexibility index (Phi) is 3.42. The Bertz CT molecular complexity index is 434. The number of urea groups is 1. The number of nitrogens with zero attached hydrogens (tertiary/aromatic N) is 3. The average Bonchev–Trinajstić information content (AvgIpc) is 2.94. The molecule has 0 aliphatic carbocycles. The molecule has 2 rings (SSSR count). The number of likely N-dealkylation sites (tertiary alicyclic amines) is 1. The molecule has 1 aliphatic heterocycles. The number of β-amino-alcohol motifs (C(OH)–C–C–N with tert-alkyl or cyclic N) is 1. The van der Waals surface area contributed by atoms with E-state index in [0.717, 1.165) is 11.3 Å². The molecule has 1 aromatic rings.